The molecular formula is C10H13ClN2O3S. The van der Waals surface area contributed by atoms with E-state index in [0.717, 1.165) is 11.8 Å². The number of alkyl halides is 1. The van der Waals surface area contributed by atoms with Crippen LogP contribution in [0.1, 0.15) is 5.56 Å². The maximum atomic E-state index is 11.0. The first-order valence-corrected chi connectivity index (χ1v) is 7.23. The molecule has 0 aromatic heterocycles. The van der Waals surface area contributed by atoms with E-state index in [0.29, 0.717) is 12.2 Å². The lowest BCUT2D eigenvalue weighted by Crippen LogP contribution is -2.23. The molecule has 0 aliphatic rings. The molecule has 0 aliphatic carbocycles. The fourth-order valence-corrected chi connectivity index (χ4v) is 1.81. The normalized spacial score (nSPS) is 10.9. The Bertz CT molecular complexity index is 485. The number of hydrogen-bond acceptors (Lipinski definition) is 3. The van der Waals surface area contributed by atoms with Gasteiger partial charge in [0.05, 0.1) is 6.26 Å². The zero-order valence-corrected chi connectivity index (χ0v) is 10.8. The van der Waals surface area contributed by atoms with Crippen LogP contribution in [0.15, 0.2) is 24.3 Å². The number of benzene rings is 1. The Morgan fingerprint density at radius 3 is 2.35 bits per heavy atom. The monoisotopic (exact) mass is 276 g/mol. The van der Waals surface area contributed by atoms with E-state index < -0.39 is 10.0 Å². The highest BCUT2D eigenvalue weighted by atomic mass is 35.5. The maximum Gasteiger partial charge on any atom is 0.235 e. The van der Waals surface area contributed by atoms with E-state index in [1.54, 1.807) is 24.3 Å². The first-order chi connectivity index (χ1) is 7.90. The predicted octanol–water partition coefficient (Wildman–Crippen LogP) is 0.913. The zero-order valence-electron chi connectivity index (χ0n) is 9.23. The lowest BCUT2D eigenvalue weighted by Gasteiger charge is -2.06. The van der Waals surface area contributed by atoms with E-state index in [9.17, 15) is 13.2 Å². The summed E-state index contributed by atoms with van der Waals surface area (Å²) in [5.74, 6) is -0.321. The van der Waals surface area contributed by atoms with Crippen LogP contribution in [0.25, 0.3) is 0 Å². The van der Waals surface area contributed by atoms with Crippen LogP contribution in [0.2, 0.25) is 0 Å². The first kappa shape index (κ1) is 13.8. The smallest absolute Gasteiger partial charge is 0.235 e. The minimum absolute atomic E-state index is 0.0757. The van der Waals surface area contributed by atoms with E-state index in [1.807, 2.05) is 0 Å². The molecule has 0 radical (unpaired) electrons. The Balaban J connectivity index is 2.59. The van der Waals surface area contributed by atoms with Crippen LogP contribution >= 0.6 is 11.6 Å². The Morgan fingerprint density at radius 1 is 1.29 bits per heavy atom. The topological polar surface area (TPSA) is 75.3 Å². The highest BCUT2D eigenvalue weighted by molar-refractivity contribution is 7.92. The van der Waals surface area contributed by atoms with Gasteiger partial charge < -0.3 is 5.32 Å². The molecule has 1 aromatic rings. The average Bonchev–Trinajstić information content (AvgIpc) is 2.25. The van der Waals surface area contributed by atoms with Gasteiger partial charge in [-0.25, -0.2) is 8.42 Å². The summed E-state index contributed by atoms with van der Waals surface area (Å²) in [6, 6.07) is 6.70. The van der Waals surface area contributed by atoms with Crippen LogP contribution in [0.3, 0.4) is 0 Å². The molecule has 2 N–H and O–H groups in total. The average molecular weight is 277 g/mol. The molecule has 94 valence electrons. The van der Waals surface area contributed by atoms with E-state index in [-0.39, 0.29) is 11.8 Å². The second kappa shape index (κ2) is 5.88. The van der Waals surface area contributed by atoms with E-state index in [2.05, 4.69) is 10.0 Å². The van der Waals surface area contributed by atoms with Crippen molar-refractivity contribution in [3.8, 4) is 0 Å². The number of anilines is 1. The number of nitrogens with one attached hydrogen (secondary N) is 2. The minimum Gasteiger partial charge on any atom is -0.351 e. The molecule has 5 nitrogen and oxygen atoms in total. The molecule has 1 amide bonds. The van der Waals surface area contributed by atoms with Crippen LogP contribution in [-0.4, -0.2) is 26.5 Å². The van der Waals surface area contributed by atoms with Crippen molar-refractivity contribution in [2.24, 2.45) is 0 Å². The van der Waals surface area contributed by atoms with E-state index >= 15 is 0 Å². The minimum atomic E-state index is -3.26. The highest BCUT2D eigenvalue weighted by Gasteiger charge is 2.02. The Hall–Kier alpha value is -1.27. The van der Waals surface area contributed by atoms with Gasteiger partial charge in [0.2, 0.25) is 15.9 Å². The van der Waals surface area contributed by atoms with Crippen molar-refractivity contribution in [3.05, 3.63) is 29.8 Å². The van der Waals surface area contributed by atoms with Gasteiger partial charge in [0.1, 0.15) is 5.88 Å². The third-order valence-corrected chi connectivity index (χ3v) is 2.72. The second-order valence-corrected chi connectivity index (χ2v) is 5.50. The number of carbonyl (C=O) groups excluding carboxylic acids is 1. The van der Waals surface area contributed by atoms with Crippen molar-refractivity contribution in [1.82, 2.24) is 5.32 Å². The summed E-state index contributed by atoms with van der Waals surface area (Å²) in [5.41, 5.74) is 1.35. The largest absolute Gasteiger partial charge is 0.351 e. The molecule has 0 saturated carbocycles. The number of halogens is 1. The molecule has 0 heterocycles. The summed E-state index contributed by atoms with van der Waals surface area (Å²) in [5, 5.41) is 2.61. The number of amides is 1. The van der Waals surface area contributed by atoms with Crippen LogP contribution in [0.4, 0.5) is 5.69 Å². The lowest BCUT2D eigenvalue weighted by molar-refractivity contribution is -0.118. The fraction of sp³-hybridized carbons (Fsp3) is 0.300. The first-order valence-electron chi connectivity index (χ1n) is 4.80. The lowest BCUT2D eigenvalue weighted by atomic mass is 10.2. The quantitative estimate of drug-likeness (QED) is 0.785. The van der Waals surface area contributed by atoms with Gasteiger partial charge in [0.25, 0.3) is 0 Å². The van der Waals surface area contributed by atoms with Gasteiger partial charge >= 0.3 is 0 Å². The van der Waals surface area contributed by atoms with Crippen molar-refractivity contribution in [1.29, 1.82) is 0 Å². The molecule has 0 unspecified atom stereocenters. The summed E-state index contributed by atoms with van der Waals surface area (Å²) in [6.07, 6.45) is 1.08. The molecular weight excluding hydrogens is 264 g/mol. The highest BCUT2D eigenvalue weighted by Crippen LogP contribution is 2.10. The number of rotatable bonds is 5. The van der Waals surface area contributed by atoms with Gasteiger partial charge in [-0.2, -0.15) is 0 Å². The van der Waals surface area contributed by atoms with Crippen LogP contribution in [0, 0.1) is 0 Å². The molecule has 0 atom stereocenters. The summed E-state index contributed by atoms with van der Waals surface area (Å²) in [7, 11) is -3.26. The van der Waals surface area contributed by atoms with Crippen molar-refractivity contribution in [3.63, 3.8) is 0 Å². The molecule has 17 heavy (non-hydrogen) atoms. The molecule has 1 aromatic carbocycles. The Labute approximate surface area is 105 Å². The van der Waals surface area contributed by atoms with Crippen LogP contribution in [-0.2, 0) is 21.4 Å². The van der Waals surface area contributed by atoms with Gasteiger partial charge in [0, 0.05) is 12.2 Å². The van der Waals surface area contributed by atoms with E-state index in [1.165, 1.54) is 0 Å². The molecule has 0 spiro atoms. The summed E-state index contributed by atoms with van der Waals surface area (Å²) >= 11 is 5.33. The predicted molar refractivity (Wildman–Crippen MR) is 67.5 cm³/mol. The third kappa shape index (κ3) is 5.55. The number of hydrogen-bond donors (Lipinski definition) is 2. The van der Waals surface area contributed by atoms with Gasteiger partial charge in [0.15, 0.2) is 0 Å². The Morgan fingerprint density at radius 2 is 1.88 bits per heavy atom. The van der Waals surface area contributed by atoms with Crippen molar-refractivity contribution < 1.29 is 13.2 Å². The van der Waals surface area contributed by atoms with Crippen LogP contribution in [0.5, 0.6) is 0 Å². The zero-order chi connectivity index (χ0) is 12.9. The summed E-state index contributed by atoms with van der Waals surface area (Å²) in [4.78, 5) is 10.9. The number of sulfonamides is 1. The number of carbonyl (C=O) groups is 1. The van der Waals surface area contributed by atoms with Gasteiger partial charge in [-0.1, -0.05) is 12.1 Å². The van der Waals surface area contributed by atoms with E-state index in [4.69, 9.17) is 11.6 Å². The third-order valence-electron chi connectivity index (χ3n) is 1.87. The molecule has 1 rings (SSSR count). The van der Waals surface area contributed by atoms with Crippen molar-refractivity contribution in [2.75, 3.05) is 16.9 Å². The van der Waals surface area contributed by atoms with Gasteiger partial charge in [-0.05, 0) is 17.7 Å². The molecule has 0 bridgehead atoms. The standard InChI is InChI=1S/C10H13ClN2O3S/c1-17(15,16)13-9-4-2-8(3-5-9)7-12-10(14)6-11/h2-5,13H,6-7H2,1H3,(H,12,14). The molecule has 0 aliphatic heterocycles. The molecule has 0 saturated heterocycles. The SMILES string of the molecule is CS(=O)(=O)Nc1ccc(CNC(=O)CCl)cc1. The second-order valence-electron chi connectivity index (χ2n) is 3.48. The molecule has 0 fully saturated rings. The fourth-order valence-electron chi connectivity index (χ4n) is 1.15. The van der Waals surface area contributed by atoms with Gasteiger partial charge in [-0.3, -0.25) is 9.52 Å². The van der Waals surface area contributed by atoms with Crippen LogP contribution < -0.4 is 10.0 Å². The van der Waals surface area contributed by atoms with Crippen molar-refractivity contribution >= 4 is 33.2 Å². The van der Waals surface area contributed by atoms with Crippen molar-refractivity contribution in [2.45, 2.75) is 6.54 Å². The molecule has 7 heteroatoms. The summed E-state index contributed by atoms with van der Waals surface area (Å²) < 4.78 is 24.3. The summed E-state index contributed by atoms with van der Waals surface area (Å²) in [6.45, 7) is 0.366. The maximum absolute atomic E-state index is 11.0. The Kier molecular flexibility index (Phi) is 4.77. The van der Waals surface area contributed by atoms with Gasteiger partial charge in [-0.15, -0.1) is 11.6 Å².